The quantitative estimate of drug-likeness (QED) is 0.598. The van der Waals surface area contributed by atoms with Gasteiger partial charge >= 0.3 is 6.03 Å². The SMILES string of the molecule is COc1cc(C2=CC3C(S2)C(=O)N(c2cnc(F)c(C)c2)C(=O)N3CCC#N)c(C#N)cc1F. The smallest absolute Gasteiger partial charge is 0.332 e. The van der Waals surface area contributed by atoms with Crippen molar-refractivity contribution in [3.8, 4) is 17.9 Å². The first-order valence-corrected chi connectivity index (χ1v) is 11.0. The summed E-state index contributed by atoms with van der Waals surface area (Å²) in [5.41, 5.74) is 0.697. The fourth-order valence-corrected chi connectivity index (χ4v) is 5.25. The van der Waals surface area contributed by atoms with E-state index in [0.29, 0.717) is 10.5 Å². The van der Waals surface area contributed by atoms with Crippen molar-refractivity contribution < 1.29 is 23.1 Å². The minimum Gasteiger partial charge on any atom is -0.494 e. The Morgan fingerprint density at radius 1 is 1.24 bits per heavy atom. The van der Waals surface area contributed by atoms with E-state index in [-0.39, 0.29) is 35.5 Å². The third-order valence-electron chi connectivity index (χ3n) is 5.55. The standard InChI is InChI=1S/C23H17F2N5O3S/c1-12-6-14(11-28-21(12)25)30-22(31)20-17(29(23(30)32)5-3-4-26)9-19(34-20)15-8-18(33-2)16(24)7-13(15)10-27/h6-9,11,17,20H,3,5H2,1-2H3. The zero-order valence-corrected chi connectivity index (χ0v) is 18.9. The first kappa shape index (κ1) is 23.2. The zero-order chi connectivity index (χ0) is 24.6. The van der Waals surface area contributed by atoms with Gasteiger partial charge in [-0.1, -0.05) is 0 Å². The number of imide groups is 1. The van der Waals surface area contributed by atoms with E-state index in [0.717, 1.165) is 28.9 Å². The van der Waals surface area contributed by atoms with Crippen molar-refractivity contribution in [2.75, 3.05) is 18.6 Å². The Balaban J connectivity index is 1.78. The van der Waals surface area contributed by atoms with Crippen LogP contribution in [0, 0.1) is 41.4 Å². The number of aromatic nitrogens is 1. The summed E-state index contributed by atoms with van der Waals surface area (Å²) in [6.07, 6.45) is 2.80. The van der Waals surface area contributed by atoms with Crippen LogP contribution in [0.4, 0.5) is 19.3 Å². The summed E-state index contributed by atoms with van der Waals surface area (Å²) in [5.74, 6) is -2.02. The van der Waals surface area contributed by atoms with Crippen LogP contribution in [0.2, 0.25) is 0 Å². The average molecular weight is 481 g/mol. The van der Waals surface area contributed by atoms with Gasteiger partial charge in [-0.3, -0.25) is 4.79 Å². The van der Waals surface area contributed by atoms with Gasteiger partial charge in [0, 0.05) is 22.6 Å². The molecule has 11 heteroatoms. The number of methoxy groups -OCH3 is 1. The topological polar surface area (TPSA) is 110 Å². The number of nitriles is 2. The Bertz CT molecular complexity index is 1320. The van der Waals surface area contributed by atoms with Crippen molar-refractivity contribution >= 4 is 34.3 Å². The molecule has 3 amide bonds. The number of nitrogens with zero attached hydrogens (tertiary/aromatic N) is 5. The van der Waals surface area contributed by atoms with E-state index in [4.69, 9.17) is 10.00 Å². The number of fused-ring (bicyclic) bond motifs is 1. The van der Waals surface area contributed by atoms with E-state index in [2.05, 4.69) is 4.98 Å². The molecule has 0 saturated carbocycles. The van der Waals surface area contributed by atoms with Gasteiger partial charge in [-0.25, -0.2) is 19.1 Å². The third kappa shape index (κ3) is 3.84. The van der Waals surface area contributed by atoms with Crippen LogP contribution in [0.1, 0.15) is 23.1 Å². The van der Waals surface area contributed by atoms with Gasteiger partial charge in [0.05, 0.1) is 49.2 Å². The Morgan fingerprint density at radius 2 is 2.00 bits per heavy atom. The van der Waals surface area contributed by atoms with Crippen LogP contribution in [-0.4, -0.2) is 46.8 Å². The minimum atomic E-state index is -0.792. The van der Waals surface area contributed by atoms with Gasteiger partial charge < -0.3 is 9.64 Å². The van der Waals surface area contributed by atoms with Crippen LogP contribution in [0.3, 0.4) is 0 Å². The zero-order valence-electron chi connectivity index (χ0n) is 18.1. The fraction of sp³-hybridized carbons (Fsp3) is 0.261. The summed E-state index contributed by atoms with van der Waals surface area (Å²) in [5, 5.41) is 17.8. The second kappa shape index (κ2) is 9.12. The maximum atomic E-state index is 14.1. The molecule has 3 heterocycles. The van der Waals surface area contributed by atoms with E-state index < -0.39 is 35.0 Å². The van der Waals surface area contributed by atoms with Crippen molar-refractivity contribution in [3.63, 3.8) is 0 Å². The lowest BCUT2D eigenvalue weighted by molar-refractivity contribution is -0.119. The summed E-state index contributed by atoms with van der Waals surface area (Å²) in [6, 6.07) is 6.37. The van der Waals surface area contributed by atoms with Crippen molar-refractivity contribution in [1.82, 2.24) is 9.88 Å². The lowest BCUT2D eigenvalue weighted by Crippen LogP contribution is -2.62. The molecule has 2 atom stereocenters. The number of thioether (sulfide) groups is 1. The molecule has 172 valence electrons. The van der Waals surface area contributed by atoms with Crippen molar-refractivity contribution in [2.45, 2.75) is 24.6 Å². The number of carbonyl (C=O) groups is 2. The lowest BCUT2D eigenvalue weighted by Gasteiger charge is -2.40. The molecule has 2 aliphatic rings. The number of aryl methyl sites for hydroxylation is 1. The van der Waals surface area contributed by atoms with Crippen molar-refractivity contribution in [1.29, 1.82) is 10.5 Å². The molecular weight excluding hydrogens is 464 g/mol. The van der Waals surface area contributed by atoms with Crippen molar-refractivity contribution in [2.24, 2.45) is 0 Å². The molecular formula is C23H17F2N5O3S. The van der Waals surface area contributed by atoms with Crippen LogP contribution >= 0.6 is 11.8 Å². The van der Waals surface area contributed by atoms with E-state index in [9.17, 15) is 23.6 Å². The highest BCUT2D eigenvalue weighted by molar-refractivity contribution is 8.09. The number of ether oxygens (including phenoxy) is 1. The molecule has 0 radical (unpaired) electrons. The molecule has 1 aromatic heterocycles. The minimum absolute atomic E-state index is 0.0271. The van der Waals surface area contributed by atoms with Crippen LogP contribution < -0.4 is 9.64 Å². The molecule has 0 spiro atoms. The summed E-state index contributed by atoms with van der Waals surface area (Å²) in [7, 11) is 1.30. The lowest BCUT2D eigenvalue weighted by atomic mass is 10.0. The van der Waals surface area contributed by atoms with Crippen LogP contribution in [-0.2, 0) is 4.79 Å². The summed E-state index contributed by atoms with van der Waals surface area (Å²) < 4.78 is 32.9. The number of benzene rings is 1. The maximum absolute atomic E-state index is 14.1. The second-order valence-corrected chi connectivity index (χ2v) is 8.75. The number of anilines is 1. The molecule has 0 aliphatic carbocycles. The van der Waals surface area contributed by atoms with Crippen LogP contribution in [0.25, 0.3) is 4.91 Å². The van der Waals surface area contributed by atoms with Gasteiger partial charge in [0.25, 0.3) is 5.91 Å². The molecule has 2 aromatic rings. The second-order valence-electron chi connectivity index (χ2n) is 7.56. The number of carbonyl (C=O) groups excluding carboxylic acids is 2. The highest BCUT2D eigenvalue weighted by Gasteiger charge is 2.50. The van der Waals surface area contributed by atoms with E-state index in [1.807, 2.05) is 12.1 Å². The number of urea groups is 1. The highest BCUT2D eigenvalue weighted by Crippen LogP contribution is 2.46. The van der Waals surface area contributed by atoms with Crippen molar-refractivity contribution in [3.05, 3.63) is 58.9 Å². The molecule has 1 saturated heterocycles. The monoisotopic (exact) mass is 481 g/mol. The van der Waals surface area contributed by atoms with Gasteiger partial charge in [0.15, 0.2) is 11.6 Å². The number of halogens is 2. The molecule has 4 rings (SSSR count). The average Bonchev–Trinajstić information content (AvgIpc) is 3.26. The third-order valence-corrected chi connectivity index (χ3v) is 6.89. The first-order valence-electron chi connectivity index (χ1n) is 10.1. The molecule has 0 bridgehead atoms. The fourth-order valence-electron chi connectivity index (χ4n) is 3.89. The predicted molar refractivity (Wildman–Crippen MR) is 120 cm³/mol. The number of rotatable bonds is 5. The summed E-state index contributed by atoms with van der Waals surface area (Å²) in [4.78, 5) is 33.2. The maximum Gasteiger partial charge on any atom is 0.332 e. The summed E-state index contributed by atoms with van der Waals surface area (Å²) >= 11 is 1.12. The molecule has 2 aliphatic heterocycles. The number of pyridine rings is 1. The van der Waals surface area contributed by atoms with Gasteiger partial charge in [-0.05, 0) is 31.2 Å². The van der Waals surface area contributed by atoms with Crippen LogP contribution in [0.5, 0.6) is 5.75 Å². The number of hydrogen-bond donors (Lipinski definition) is 0. The van der Waals surface area contributed by atoms with E-state index >= 15 is 0 Å². The number of hydrogen-bond acceptors (Lipinski definition) is 7. The Kier molecular flexibility index (Phi) is 6.22. The molecule has 8 nitrogen and oxygen atoms in total. The Labute approximate surface area is 198 Å². The molecule has 1 fully saturated rings. The van der Waals surface area contributed by atoms with Gasteiger partial charge in [0.2, 0.25) is 5.95 Å². The number of amides is 3. The normalized spacial score (nSPS) is 19.4. The first-order chi connectivity index (χ1) is 16.3. The van der Waals surface area contributed by atoms with Gasteiger partial charge in [-0.2, -0.15) is 14.9 Å². The molecule has 1 aromatic carbocycles. The molecule has 2 unspecified atom stereocenters. The van der Waals surface area contributed by atoms with E-state index in [1.165, 1.54) is 31.1 Å². The van der Waals surface area contributed by atoms with Gasteiger partial charge in [-0.15, -0.1) is 11.8 Å². The predicted octanol–water partition coefficient (Wildman–Crippen LogP) is 3.76. The Hall–Kier alpha value is -3.96. The van der Waals surface area contributed by atoms with Gasteiger partial charge in [0.1, 0.15) is 5.25 Å². The van der Waals surface area contributed by atoms with E-state index in [1.54, 1.807) is 6.08 Å². The Morgan fingerprint density at radius 3 is 2.65 bits per heavy atom. The molecule has 34 heavy (non-hydrogen) atoms. The summed E-state index contributed by atoms with van der Waals surface area (Å²) in [6.45, 7) is 1.52. The highest BCUT2D eigenvalue weighted by atomic mass is 32.2. The van der Waals surface area contributed by atoms with Crippen LogP contribution in [0.15, 0.2) is 30.5 Å². The molecule has 0 N–H and O–H groups in total. The largest absolute Gasteiger partial charge is 0.494 e.